The number of likely N-dealkylation sites (tertiary alicyclic amines) is 1. The van der Waals surface area contributed by atoms with Crippen LogP contribution in [0.25, 0.3) is 10.9 Å². The Labute approximate surface area is 108 Å². The van der Waals surface area contributed by atoms with Gasteiger partial charge in [0.25, 0.3) is 0 Å². The smallest absolute Gasteiger partial charge is 0.0499 e. The van der Waals surface area contributed by atoms with Crippen LogP contribution in [0.4, 0.5) is 0 Å². The van der Waals surface area contributed by atoms with Gasteiger partial charge in [0.05, 0.1) is 0 Å². The van der Waals surface area contributed by atoms with E-state index in [0.29, 0.717) is 6.04 Å². The lowest BCUT2D eigenvalue weighted by atomic mass is 10.1. The molecule has 3 rings (SSSR count). The Balaban J connectivity index is 1.67. The van der Waals surface area contributed by atoms with E-state index >= 15 is 0 Å². The summed E-state index contributed by atoms with van der Waals surface area (Å²) in [5.74, 6) is 0. The van der Waals surface area contributed by atoms with Crippen molar-refractivity contribution in [1.29, 1.82) is 0 Å². The Morgan fingerprint density at radius 2 is 2.33 bits per heavy atom. The Morgan fingerprint density at radius 1 is 1.39 bits per heavy atom. The van der Waals surface area contributed by atoms with Crippen LogP contribution in [0, 0.1) is 0 Å². The molecule has 1 atom stereocenters. The summed E-state index contributed by atoms with van der Waals surface area (Å²) in [7, 11) is 2.21. The van der Waals surface area contributed by atoms with Gasteiger partial charge in [-0.3, -0.25) is 0 Å². The van der Waals surface area contributed by atoms with E-state index in [9.17, 15) is 0 Å². The van der Waals surface area contributed by atoms with E-state index in [2.05, 4.69) is 46.5 Å². The number of hydrogen-bond acceptors (Lipinski definition) is 2. The fraction of sp³-hybridized carbons (Fsp3) is 0.467. The van der Waals surface area contributed by atoms with E-state index in [1.165, 1.54) is 42.4 Å². The molecule has 0 spiro atoms. The molecule has 1 saturated heterocycles. The zero-order chi connectivity index (χ0) is 12.4. The van der Waals surface area contributed by atoms with E-state index in [1.807, 2.05) is 6.20 Å². The maximum absolute atomic E-state index is 3.69. The predicted octanol–water partition coefficient (Wildman–Crippen LogP) is 2.35. The molecule has 0 aliphatic carbocycles. The number of rotatable bonds is 3. The first kappa shape index (κ1) is 11.8. The van der Waals surface area contributed by atoms with Gasteiger partial charge in [0.2, 0.25) is 0 Å². The van der Waals surface area contributed by atoms with E-state index in [-0.39, 0.29) is 0 Å². The monoisotopic (exact) mass is 243 g/mol. The maximum atomic E-state index is 3.69. The molecule has 0 saturated carbocycles. The Bertz CT molecular complexity index is 517. The molecule has 1 fully saturated rings. The number of aromatic amines is 1. The fourth-order valence-electron chi connectivity index (χ4n) is 2.88. The molecule has 0 amide bonds. The Hall–Kier alpha value is -1.32. The van der Waals surface area contributed by atoms with Gasteiger partial charge in [0, 0.05) is 30.8 Å². The number of benzene rings is 1. The number of hydrogen-bond donors (Lipinski definition) is 2. The van der Waals surface area contributed by atoms with Gasteiger partial charge in [-0.05, 0) is 43.5 Å². The highest BCUT2D eigenvalue weighted by atomic mass is 15.1. The number of aromatic nitrogens is 1. The van der Waals surface area contributed by atoms with Crippen LogP contribution in [0.2, 0.25) is 0 Å². The Kier molecular flexibility index (Phi) is 3.35. The van der Waals surface area contributed by atoms with Crippen LogP contribution >= 0.6 is 0 Å². The molecule has 2 heterocycles. The zero-order valence-corrected chi connectivity index (χ0v) is 10.9. The van der Waals surface area contributed by atoms with Crippen molar-refractivity contribution >= 4 is 10.9 Å². The number of H-pyrrole nitrogens is 1. The van der Waals surface area contributed by atoms with Crippen LogP contribution < -0.4 is 5.32 Å². The van der Waals surface area contributed by atoms with E-state index in [4.69, 9.17) is 0 Å². The molecule has 2 N–H and O–H groups in total. The summed E-state index contributed by atoms with van der Waals surface area (Å²) in [5, 5.41) is 4.99. The SMILES string of the molecule is CN1CCCC(NCc2cccc3cc[nH]c23)C1. The van der Waals surface area contributed by atoms with Crippen LogP contribution in [0.1, 0.15) is 18.4 Å². The zero-order valence-electron chi connectivity index (χ0n) is 10.9. The molecule has 3 heteroatoms. The summed E-state index contributed by atoms with van der Waals surface area (Å²) in [6.45, 7) is 3.36. The van der Waals surface area contributed by atoms with Crippen LogP contribution in [0.3, 0.4) is 0 Å². The van der Waals surface area contributed by atoms with Crippen LogP contribution in [0.5, 0.6) is 0 Å². The number of para-hydroxylation sites is 1. The second-order valence-electron chi connectivity index (χ2n) is 5.34. The summed E-state index contributed by atoms with van der Waals surface area (Å²) in [5.41, 5.74) is 2.64. The summed E-state index contributed by atoms with van der Waals surface area (Å²) < 4.78 is 0. The topological polar surface area (TPSA) is 31.1 Å². The van der Waals surface area contributed by atoms with Gasteiger partial charge in [0.1, 0.15) is 0 Å². The molecule has 1 aliphatic heterocycles. The minimum Gasteiger partial charge on any atom is -0.361 e. The fourth-order valence-corrected chi connectivity index (χ4v) is 2.88. The molecule has 18 heavy (non-hydrogen) atoms. The minimum absolute atomic E-state index is 0.633. The van der Waals surface area contributed by atoms with Crippen LogP contribution in [-0.4, -0.2) is 36.1 Å². The molecule has 3 nitrogen and oxygen atoms in total. The van der Waals surface area contributed by atoms with Crippen molar-refractivity contribution in [3.05, 3.63) is 36.0 Å². The number of nitrogens with zero attached hydrogens (tertiary/aromatic N) is 1. The van der Waals surface area contributed by atoms with Crippen LogP contribution in [-0.2, 0) is 6.54 Å². The lowest BCUT2D eigenvalue weighted by Crippen LogP contribution is -2.43. The molecule has 1 aromatic heterocycles. The minimum atomic E-state index is 0.633. The van der Waals surface area contributed by atoms with Crippen molar-refractivity contribution in [3.63, 3.8) is 0 Å². The predicted molar refractivity (Wildman–Crippen MR) is 75.7 cm³/mol. The van der Waals surface area contributed by atoms with Crippen molar-refractivity contribution in [2.75, 3.05) is 20.1 Å². The Morgan fingerprint density at radius 3 is 3.22 bits per heavy atom. The van der Waals surface area contributed by atoms with Crippen molar-refractivity contribution in [2.45, 2.75) is 25.4 Å². The number of nitrogens with one attached hydrogen (secondary N) is 2. The van der Waals surface area contributed by atoms with Gasteiger partial charge in [-0.1, -0.05) is 18.2 Å². The summed E-state index contributed by atoms with van der Waals surface area (Å²) >= 11 is 0. The number of likely N-dealkylation sites (N-methyl/N-ethyl adjacent to an activating group) is 1. The summed E-state index contributed by atoms with van der Waals surface area (Å²) in [6, 6.07) is 9.27. The quantitative estimate of drug-likeness (QED) is 0.867. The van der Waals surface area contributed by atoms with Gasteiger partial charge in [0.15, 0.2) is 0 Å². The first-order valence-corrected chi connectivity index (χ1v) is 6.80. The highest BCUT2D eigenvalue weighted by Crippen LogP contribution is 2.17. The van der Waals surface area contributed by atoms with Gasteiger partial charge in [-0.2, -0.15) is 0 Å². The van der Waals surface area contributed by atoms with E-state index in [1.54, 1.807) is 0 Å². The largest absolute Gasteiger partial charge is 0.361 e. The van der Waals surface area contributed by atoms with E-state index in [0.717, 1.165) is 6.54 Å². The normalized spacial score (nSPS) is 21.5. The maximum Gasteiger partial charge on any atom is 0.0499 e. The molecular formula is C15H21N3. The third kappa shape index (κ3) is 2.42. The molecule has 2 aromatic rings. The summed E-state index contributed by atoms with van der Waals surface area (Å²) in [6.07, 6.45) is 4.62. The third-order valence-electron chi connectivity index (χ3n) is 3.88. The third-order valence-corrected chi connectivity index (χ3v) is 3.88. The average molecular weight is 243 g/mol. The van der Waals surface area contributed by atoms with Crippen molar-refractivity contribution in [3.8, 4) is 0 Å². The molecule has 1 aromatic carbocycles. The molecule has 0 radical (unpaired) electrons. The molecule has 1 aliphatic rings. The van der Waals surface area contributed by atoms with E-state index < -0.39 is 0 Å². The number of fused-ring (bicyclic) bond motifs is 1. The summed E-state index contributed by atoms with van der Waals surface area (Å²) in [4.78, 5) is 5.75. The highest BCUT2D eigenvalue weighted by Gasteiger charge is 2.16. The van der Waals surface area contributed by atoms with Gasteiger partial charge in [-0.25, -0.2) is 0 Å². The molecule has 0 bridgehead atoms. The lowest BCUT2D eigenvalue weighted by molar-refractivity contribution is 0.226. The lowest BCUT2D eigenvalue weighted by Gasteiger charge is -2.30. The average Bonchev–Trinajstić information content (AvgIpc) is 2.85. The van der Waals surface area contributed by atoms with Crippen molar-refractivity contribution in [2.24, 2.45) is 0 Å². The first-order chi connectivity index (χ1) is 8.83. The number of piperidine rings is 1. The molecule has 1 unspecified atom stereocenters. The van der Waals surface area contributed by atoms with Crippen molar-refractivity contribution < 1.29 is 0 Å². The molecular weight excluding hydrogens is 222 g/mol. The van der Waals surface area contributed by atoms with Gasteiger partial charge in [-0.15, -0.1) is 0 Å². The molecule has 96 valence electrons. The van der Waals surface area contributed by atoms with Gasteiger partial charge >= 0.3 is 0 Å². The van der Waals surface area contributed by atoms with Gasteiger partial charge < -0.3 is 15.2 Å². The first-order valence-electron chi connectivity index (χ1n) is 6.80. The second kappa shape index (κ2) is 5.12. The highest BCUT2D eigenvalue weighted by molar-refractivity contribution is 5.82. The van der Waals surface area contributed by atoms with Crippen LogP contribution in [0.15, 0.2) is 30.5 Å². The van der Waals surface area contributed by atoms with Crippen molar-refractivity contribution in [1.82, 2.24) is 15.2 Å². The second-order valence-corrected chi connectivity index (χ2v) is 5.34. The standard InChI is InChI=1S/C15H21N3/c1-18-9-3-6-14(11-18)17-10-13-5-2-4-12-7-8-16-15(12)13/h2,4-5,7-8,14,16-17H,3,6,9-11H2,1H3.